The smallest absolute Gasteiger partial charge is 0.375 e. The Labute approximate surface area is 66.5 Å². The summed E-state index contributed by atoms with van der Waals surface area (Å²) in [5.74, 6) is -4.73. The van der Waals surface area contributed by atoms with Crippen LogP contribution in [0.1, 0.15) is 13.3 Å². The molecule has 0 aliphatic carbocycles. The summed E-state index contributed by atoms with van der Waals surface area (Å²) in [4.78, 5) is 0. The number of rotatable bonds is 4. The number of ether oxygens (including phenoxy) is 1. The predicted molar refractivity (Wildman–Crippen MR) is 32.1 cm³/mol. The van der Waals surface area contributed by atoms with Crippen LogP contribution in [-0.4, -0.2) is 25.3 Å². The SMILES string of the molecule is CCCOCC(F)(F)C(F)(F)F. The van der Waals surface area contributed by atoms with Crippen molar-refractivity contribution >= 4 is 0 Å². The highest BCUT2D eigenvalue weighted by molar-refractivity contribution is 4.74. The lowest BCUT2D eigenvalue weighted by Crippen LogP contribution is -2.40. The monoisotopic (exact) mass is 192 g/mol. The zero-order valence-corrected chi connectivity index (χ0v) is 6.42. The summed E-state index contributed by atoms with van der Waals surface area (Å²) in [6, 6.07) is 0. The molecule has 0 amide bonds. The van der Waals surface area contributed by atoms with Crippen molar-refractivity contribution in [1.82, 2.24) is 0 Å². The van der Waals surface area contributed by atoms with E-state index in [4.69, 9.17) is 0 Å². The van der Waals surface area contributed by atoms with E-state index in [0.717, 1.165) is 0 Å². The third-order valence-electron chi connectivity index (χ3n) is 1.05. The molecule has 0 unspecified atom stereocenters. The lowest BCUT2D eigenvalue weighted by molar-refractivity contribution is -0.296. The fourth-order valence-electron chi connectivity index (χ4n) is 0.427. The molecule has 0 saturated heterocycles. The van der Waals surface area contributed by atoms with Crippen molar-refractivity contribution in [2.75, 3.05) is 13.2 Å². The third kappa shape index (κ3) is 3.34. The zero-order valence-electron chi connectivity index (χ0n) is 6.42. The summed E-state index contributed by atoms with van der Waals surface area (Å²) in [7, 11) is 0. The second kappa shape index (κ2) is 4.02. The Bertz CT molecular complexity index is 130. The second-order valence-electron chi connectivity index (χ2n) is 2.25. The lowest BCUT2D eigenvalue weighted by Gasteiger charge is -2.18. The molecule has 0 rings (SSSR count). The molecule has 0 heterocycles. The minimum Gasteiger partial charge on any atom is -0.375 e. The highest BCUT2D eigenvalue weighted by Gasteiger charge is 2.57. The maximum atomic E-state index is 12.0. The van der Waals surface area contributed by atoms with Crippen molar-refractivity contribution in [3.05, 3.63) is 0 Å². The van der Waals surface area contributed by atoms with Crippen LogP contribution in [0.5, 0.6) is 0 Å². The highest BCUT2D eigenvalue weighted by Crippen LogP contribution is 2.35. The average molecular weight is 192 g/mol. The first-order valence-corrected chi connectivity index (χ1v) is 3.33. The topological polar surface area (TPSA) is 9.23 Å². The Balaban J connectivity index is 3.88. The van der Waals surface area contributed by atoms with Crippen molar-refractivity contribution < 1.29 is 26.7 Å². The molecule has 0 aliphatic rings. The Kier molecular flexibility index (Phi) is 3.89. The largest absolute Gasteiger partial charge is 0.455 e. The minimum atomic E-state index is -5.51. The van der Waals surface area contributed by atoms with E-state index in [2.05, 4.69) is 4.74 Å². The molecule has 0 radical (unpaired) electrons. The molecular weight excluding hydrogens is 183 g/mol. The van der Waals surface area contributed by atoms with Gasteiger partial charge in [0.05, 0.1) is 0 Å². The van der Waals surface area contributed by atoms with E-state index in [1.54, 1.807) is 6.92 Å². The van der Waals surface area contributed by atoms with Crippen molar-refractivity contribution in [2.45, 2.75) is 25.4 Å². The van der Waals surface area contributed by atoms with E-state index in [-0.39, 0.29) is 6.61 Å². The van der Waals surface area contributed by atoms with E-state index in [0.29, 0.717) is 6.42 Å². The predicted octanol–water partition coefficient (Wildman–Crippen LogP) is 2.61. The molecule has 0 atom stereocenters. The van der Waals surface area contributed by atoms with Gasteiger partial charge in [-0.3, -0.25) is 0 Å². The first-order chi connectivity index (χ1) is 5.31. The van der Waals surface area contributed by atoms with Gasteiger partial charge in [0.2, 0.25) is 0 Å². The molecule has 12 heavy (non-hydrogen) atoms. The maximum absolute atomic E-state index is 12.0. The summed E-state index contributed by atoms with van der Waals surface area (Å²) < 4.78 is 62.4. The van der Waals surface area contributed by atoms with E-state index in [1.165, 1.54) is 0 Å². The highest BCUT2D eigenvalue weighted by atomic mass is 19.4. The summed E-state index contributed by atoms with van der Waals surface area (Å²) in [6.45, 7) is -0.0677. The van der Waals surface area contributed by atoms with Gasteiger partial charge in [-0.15, -0.1) is 0 Å². The molecule has 74 valence electrons. The number of hydrogen-bond acceptors (Lipinski definition) is 1. The van der Waals surface area contributed by atoms with Crippen LogP contribution in [0.2, 0.25) is 0 Å². The normalized spacial score (nSPS) is 13.5. The summed E-state index contributed by atoms with van der Waals surface area (Å²) >= 11 is 0. The Morgan fingerprint density at radius 3 is 1.92 bits per heavy atom. The summed E-state index contributed by atoms with van der Waals surface area (Å²) in [6.07, 6.45) is -5.10. The van der Waals surface area contributed by atoms with E-state index in [9.17, 15) is 22.0 Å². The molecule has 0 aliphatic heterocycles. The van der Waals surface area contributed by atoms with Gasteiger partial charge < -0.3 is 4.74 Å². The maximum Gasteiger partial charge on any atom is 0.455 e. The van der Waals surface area contributed by atoms with Crippen LogP contribution < -0.4 is 0 Å². The molecule has 1 nitrogen and oxygen atoms in total. The van der Waals surface area contributed by atoms with Gasteiger partial charge in [-0.05, 0) is 6.42 Å². The van der Waals surface area contributed by atoms with Crippen molar-refractivity contribution in [2.24, 2.45) is 0 Å². The molecule has 0 fully saturated rings. The van der Waals surface area contributed by atoms with Crippen LogP contribution in [0, 0.1) is 0 Å². The zero-order chi connectivity index (χ0) is 9.83. The van der Waals surface area contributed by atoms with E-state index >= 15 is 0 Å². The molecule has 0 aromatic rings. The first-order valence-electron chi connectivity index (χ1n) is 3.33. The minimum absolute atomic E-state index is 0.0916. The van der Waals surface area contributed by atoms with Crippen LogP contribution in [0.3, 0.4) is 0 Å². The van der Waals surface area contributed by atoms with Gasteiger partial charge in [-0.2, -0.15) is 22.0 Å². The molecule has 0 aromatic carbocycles. The average Bonchev–Trinajstić information content (AvgIpc) is 1.85. The summed E-state index contributed by atoms with van der Waals surface area (Å²) in [5.41, 5.74) is 0. The van der Waals surface area contributed by atoms with Crippen molar-refractivity contribution in [1.29, 1.82) is 0 Å². The molecule has 0 bridgehead atoms. The number of halogens is 5. The Hall–Kier alpha value is -0.390. The van der Waals surface area contributed by atoms with Gasteiger partial charge in [-0.1, -0.05) is 6.92 Å². The number of alkyl halides is 5. The second-order valence-corrected chi connectivity index (χ2v) is 2.25. The van der Waals surface area contributed by atoms with Crippen LogP contribution >= 0.6 is 0 Å². The van der Waals surface area contributed by atoms with Crippen LogP contribution in [-0.2, 0) is 4.74 Å². The lowest BCUT2D eigenvalue weighted by atomic mass is 10.3. The molecule has 0 N–H and O–H groups in total. The molecule has 0 aromatic heterocycles. The fourth-order valence-corrected chi connectivity index (χ4v) is 0.427. The quantitative estimate of drug-likeness (QED) is 0.491. The molecular formula is C6H9F5O. The standard InChI is InChI=1S/C6H9F5O/c1-2-3-12-4-5(7,8)6(9,10)11/h2-4H2,1H3. The van der Waals surface area contributed by atoms with Gasteiger partial charge >= 0.3 is 12.1 Å². The molecule has 0 saturated carbocycles. The summed E-state index contributed by atoms with van der Waals surface area (Å²) in [5, 5.41) is 0. The van der Waals surface area contributed by atoms with Crippen LogP contribution in [0.25, 0.3) is 0 Å². The van der Waals surface area contributed by atoms with Gasteiger partial charge in [-0.25, -0.2) is 0 Å². The van der Waals surface area contributed by atoms with Gasteiger partial charge in [0.15, 0.2) is 0 Å². The van der Waals surface area contributed by atoms with E-state index in [1.807, 2.05) is 0 Å². The van der Waals surface area contributed by atoms with Gasteiger partial charge in [0.25, 0.3) is 0 Å². The Morgan fingerprint density at radius 1 is 1.08 bits per heavy atom. The third-order valence-corrected chi connectivity index (χ3v) is 1.05. The van der Waals surface area contributed by atoms with E-state index < -0.39 is 18.7 Å². The molecule has 6 heteroatoms. The fraction of sp³-hybridized carbons (Fsp3) is 1.00. The first kappa shape index (κ1) is 11.6. The van der Waals surface area contributed by atoms with Gasteiger partial charge in [0.1, 0.15) is 6.61 Å². The van der Waals surface area contributed by atoms with Gasteiger partial charge in [0, 0.05) is 6.61 Å². The number of hydrogen-bond donors (Lipinski definition) is 0. The van der Waals surface area contributed by atoms with Crippen molar-refractivity contribution in [3.8, 4) is 0 Å². The Morgan fingerprint density at radius 2 is 1.58 bits per heavy atom. The molecule has 0 spiro atoms. The van der Waals surface area contributed by atoms with Crippen molar-refractivity contribution in [3.63, 3.8) is 0 Å². The van der Waals surface area contributed by atoms with Crippen LogP contribution in [0.4, 0.5) is 22.0 Å². The van der Waals surface area contributed by atoms with Crippen LogP contribution in [0.15, 0.2) is 0 Å².